The smallest absolute Gasteiger partial charge is 0.257 e. The molecule has 2 aromatic rings. The van der Waals surface area contributed by atoms with Crippen LogP contribution in [0, 0.1) is 5.82 Å². The third kappa shape index (κ3) is 4.58. The van der Waals surface area contributed by atoms with E-state index in [-0.39, 0.29) is 12.4 Å². The second-order valence-electron chi connectivity index (χ2n) is 4.44. The maximum absolute atomic E-state index is 13.0. The predicted octanol–water partition coefficient (Wildman–Crippen LogP) is 3.06. The van der Waals surface area contributed by atoms with Crippen molar-refractivity contribution in [1.82, 2.24) is 5.43 Å². The van der Waals surface area contributed by atoms with Gasteiger partial charge in [0, 0.05) is 11.6 Å². The van der Waals surface area contributed by atoms with Crippen LogP contribution in [0.15, 0.2) is 48.5 Å². The van der Waals surface area contributed by atoms with Gasteiger partial charge in [-0.15, -0.1) is 0 Å². The molecule has 0 saturated heterocycles. The van der Waals surface area contributed by atoms with E-state index in [0.29, 0.717) is 16.3 Å². The van der Waals surface area contributed by atoms with Gasteiger partial charge in [-0.05, 0) is 35.9 Å². The first kappa shape index (κ1) is 16.0. The molecule has 4 nitrogen and oxygen atoms in total. The number of hydrogen-bond donors (Lipinski definition) is 2. The molecule has 0 aliphatic heterocycles. The van der Waals surface area contributed by atoms with Crippen LogP contribution >= 0.6 is 11.6 Å². The number of benzene rings is 2. The summed E-state index contributed by atoms with van der Waals surface area (Å²) in [6.07, 6.45) is 2.93. The summed E-state index contributed by atoms with van der Waals surface area (Å²) in [5, 5.41) is 0.315. The highest BCUT2D eigenvalue weighted by atomic mass is 35.5. The lowest BCUT2D eigenvalue weighted by Gasteiger charge is -2.08. The number of halogens is 2. The summed E-state index contributed by atoms with van der Waals surface area (Å²) in [6, 6.07) is 11.3. The van der Waals surface area contributed by atoms with E-state index in [1.165, 1.54) is 18.2 Å². The molecule has 1 amide bonds. The van der Waals surface area contributed by atoms with Gasteiger partial charge in [0.25, 0.3) is 5.91 Å². The highest BCUT2D eigenvalue weighted by molar-refractivity contribution is 6.31. The Morgan fingerprint density at radius 1 is 1.32 bits per heavy atom. The van der Waals surface area contributed by atoms with Gasteiger partial charge in [-0.3, -0.25) is 10.2 Å². The van der Waals surface area contributed by atoms with E-state index in [1.54, 1.807) is 30.3 Å². The first-order valence-corrected chi connectivity index (χ1v) is 6.82. The SMILES string of the molecule is NNC(=O)/C=C/c1cccc(OCc2ccc(F)cc2Cl)c1. The number of hydrazine groups is 1. The van der Waals surface area contributed by atoms with E-state index < -0.39 is 5.91 Å². The molecule has 6 heteroatoms. The van der Waals surface area contributed by atoms with Gasteiger partial charge in [-0.25, -0.2) is 10.2 Å². The van der Waals surface area contributed by atoms with Crippen molar-refractivity contribution in [1.29, 1.82) is 0 Å². The molecule has 2 aromatic carbocycles. The molecular formula is C16H14ClFN2O2. The third-order valence-electron chi connectivity index (χ3n) is 2.84. The third-order valence-corrected chi connectivity index (χ3v) is 3.19. The molecule has 0 spiro atoms. The number of carbonyl (C=O) groups excluding carboxylic acids is 1. The van der Waals surface area contributed by atoms with Crippen molar-refractivity contribution >= 4 is 23.6 Å². The maximum atomic E-state index is 13.0. The van der Waals surface area contributed by atoms with Gasteiger partial charge in [0.2, 0.25) is 0 Å². The topological polar surface area (TPSA) is 64.3 Å². The molecule has 0 radical (unpaired) electrons. The largest absolute Gasteiger partial charge is 0.489 e. The van der Waals surface area contributed by atoms with Gasteiger partial charge in [0.15, 0.2) is 0 Å². The number of rotatable bonds is 5. The molecule has 0 aromatic heterocycles. The molecule has 0 heterocycles. The second-order valence-corrected chi connectivity index (χ2v) is 4.85. The van der Waals surface area contributed by atoms with Gasteiger partial charge in [0.05, 0.1) is 5.02 Å². The molecular weight excluding hydrogens is 307 g/mol. The lowest BCUT2D eigenvalue weighted by atomic mass is 10.2. The Labute approximate surface area is 132 Å². The monoisotopic (exact) mass is 320 g/mol. The number of ether oxygens (including phenoxy) is 1. The van der Waals surface area contributed by atoms with Gasteiger partial charge < -0.3 is 4.74 Å². The fourth-order valence-corrected chi connectivity index (χ4v) is 1.95. The Kier molecular flexibility index (Phi) is 5.52. The zero-order chi connectivity index (χ0) is 15.9. The Morgan fingerprint density at radius 2 is 2.14 bits per heavy atom. The van der Waals surface area contributed by atoms with E-state index >= 15 is 0 Å². The number of nitrogens with one attached hydrogen (secondary N) is 1. The summed E-state index contributed by atoms with van der Waals surface area (Å²) < 4.78 is 18.6. The number of hydrogen-bond acceptors (Lipinski definition) is 3. The van der Waals surface area contributed by atoms with Crippen molar-refractivity contribution in [3.8, 4) is 5.75 Å². The van der Waals surface area contributed by atoms with Crippen LogP contribution in [0.5, 0.6) is 5.75 Å². The van der Waals surface area contributed by atoms with Crippen LogP contribution < -0.4 is 16.0 Å². The van der Waals surface area contributed by atoms with Gasteiger partial charge >= 0.3 is 0 Å². The Balaban J connectivity index is 2.04. The normalized spacial score (nSPS) is 10.7. The van der Waals surface area contributed by atoms with Crippen molar-refractivity contribution in [2.75, 3.05) is 0 Å². The van der Waals surface area contributed by atoms with E-state index in [1.807, 2.05) is 11.5 Å². The van der Waals surface area contributed by atoms with E-state index in [9.17, 15) is 9.18 Å². The molecule has 2 rings (SSSR count). The van der Waals surface area contributed by atoms with Crippen LogP contribution in [0.25, 0.3) is 6.08 Å². The van der Waals surface area contributed by atoms with Crippen molar-refractivity contribution in [2.45, 2.75) is 6.61 Å². The molecule has 0 unspecified atom stereocenters. The number of nitrogens with two attached hydrogens (primary N) is 1. The number of carbonyl (C=O) groups is 1. The molecule has 0 aliphatic carbocycles. The zero-order valence-electron chi connectivity index (χ0n) is 11.6. The van der Waals surface area contributed by atoms with E-state index in [4.69, 9.17) is 22.2 Å². The van der Waals surface area contributed by atoms with Crippen LogP contribution in [-0.4, -0.2) is 5.91 Å². The van der Waals surface area contributed by atoms with Crippen LogP contribution in [-0.2, 0) is 11.4 Å². The van der Waals surface area contributed by atoms with Gasteiger partial charge in [-0.2, -0.15) is 0 Å². The van der Waals surface area contributed by atoms with E-state index in [0.717, 1.165) is 5.56 Å². The maximum Gasteiger partial charge on any atom is 0.257 e. The average molecular weight is 321 g/mol. The molecule has 0 fully saturated rings. The second kappa shape index (κ2) is 7.59. The summed E-state index contributed by atoms with van der Waals surface area (Å²) in [4.78, 5) is 11.0. The fraction of sp³-hybridized carbons (Fsp3) is 0.0625. The summed E-state index contributed by atoms with van der Waals surface area (Å²) >= 11 is 5.94. The first-order valence-electron chi connectivity index (χ1n) is 6.44. The predicted molar refractivity (Wildman–Crippen MR) is 83.5 cm³/mol. The lowest BCUT2D eigenvalue weighted by Crippen LogP contribution is -2.27. The zero-order valence-corrected chi connectivity index (χ0v) is 12.3. The quantitative estimate of drug-likeness (QED) is 0.385. The van der Waals surface area contributed by atoms with Crippen LogP contribution in [0.1, 0.15) is 11.1 Å². The minimum Gasteiger partial charge on any atom is -0.489 e. The van der Waals surface area contributed by atoms with Crippen LogP contribution in [0.4, 0.5) is 4.39 Å². The number of amides is 1. The fourth-order valence-electron chi connectivity index (χ4n) is 1.73. The molecule has 114 valence electrons. The Morgan fingerprint density at radius 3 is 2.86 bits per heavy atom. The molecule has 0 saturated carbocycles. The minimum atomic E-state index is -0.399. The minimum absolute atomic E-state index is 0.218. The van der Waals surface area contributed by atoms with Crippen molar-refractivity contribution in [3.05, 3.63) is 70.5 Å². The highest BCUT2D eigenvalue weighted by Gasteiger charge is 2.03. The van der Waals surface area contributed by atoms with E-state index in [2.05, 4.69) is 0 Å². The van der Waals surface area contributed by atoms with Crippen molar-refractivity contribution < 1.29 is 13.9 Å². The average Bonchev–Trinajstić information content (AvgIpc) is 2.52. The van der Waals surface area contributed by atoms with Crippen LogP contribution in [0.2, 0.25) is 5.02 Å². The lowest BCUT2D eigenvalue weighted by molar-refractivity contribution is -0.116. The summed E-state index contributed by atoms with van der Waals surface area (Å²) in [5.41, 5.74) is 3.48. The highest BCUT2D eigenvalue weighted by Crippen LogP contribution is 2.21. The standard InChI is InChI=1S/C16H14ClFN2O2/c17-15-9-13(18)6-5-12(15)10-22-14-3-1-2-11(8-14)4-7-16(21)20-19/h1-9H,10,19H2,(H,20,21)/b7-4+. The van der Waals surface area contributed by atoms with Gasteiger partial charge in [0.1, 0.15) is 18.2 Å². The molecule has 0 aliphatic rings. The van der Waals surface area contributed by atoms with Gasteiger partial charge in [-0.1, -0.05) is 29.8 Å². The molecule has 22 heavy (non-hydrogen) atoms. The summed E-state index contributed by atoms with van der Waals surface area (Å²) in [6.45, 7) is 0.218. The van der Waals surface area contributed by atoms with Crippen molar-refractivity contribution in [3.63, 3.8) is 0 Å². The van der Waals surface area contributed by atoms with Crippen molar-refractivity contribution in [2.24, 2.45) is 5.84 Å². The Bertz CT molecular complexity index is 704. The molecule has 0 atom stereocenters. The summed E-state index contributed by atoms with van der Waals surface area (Å²) in [7, 11) is 0. The summed E-state index contributed by atoms with van der Waals surface area (Å²) in [5.74, 6) is 4.81. The van der Waals surface area contributed by atoms with Crippen LogP contribution in [0.3, 0.4) is 0 Å². The molecule has 3 N–H and O–H groups in total. The Hall–Kier alpha value is -2.37. The first-order chi connectivity index (χ1) is 10.6. The molecule has 0 bridgehead atoms.